The molecule has 1 heterocycles. The summed E-state index contributed by atoms with van der Waals surface area (Å²) in [6, 6.07) is 4.98. The Morgan fingerprint density at radius 2 is 2.15 bits per heavy atom. The number of hydrogen-bond acceptors (Lipinski definition) is 2. The standard InChI is InChI=1S/C9H4ClIO2/c10-5-1-2-6-8(3-5)13-4-7(11)9(6)12/h1-4H. The smallest absolute Gasteiger partial charge is 0.205 e. The van der Waals surface area contributed by atoms with E-state index in [1.807, 2.05) is 22.6 Å². The van der Waals surface area contributed by atoms with E-state index in [9.17, 15) is 4.79 Å². The lowest BCUT2D eigenvalue weighted by Crippen LogP contribution is -2.03. The van der Waals surface area contributed by atoms with Crippen molar-refractivity contribution in [2.24, 2.45) is 0 Å². The van der Waals surface area contributed by atoms with Crippen LogP contribution in [-0.2, 0) is 0 Å². The van der Waals surface area contributed by atoms with Gasteiger partial charge in [-0.05, 0) is 34.7 Å². The van der Waals surface area contributed by atoms with Crippen LogP contribution in [0.2, 0.25) is 5.02 Å². The van der Waals surface area contributed by atoms with Crippen LogP contribution >= 0.6 is 34.2 Å². The maximum atomic E-state index is 11.5. The average molecular weight is 306 g/mol. The monoisotopic (exact) mass is 306 g/mol. The Labute approximate surface area is 92.6 Å². The van der Waals surface area contributed by atoms with Crippen molar-refractivity contribution in [2.45, 2.75) is 0 Å². The molecular formula is C9H4ClIO2. The van der Waals surface area contributed by atoms with Crippen molar-refractivity contribution in [2.75, 3.05) is 0 Å². The molecule has 0 N–H and O–H groups in total. The summed E-state index contributed by atoms with van der Waals surface area (Å²) in [7, 11) is 0. The molecule has 66 valence electrons. The van der Waals surface area contributed by atoms with E-state index >= 15 is 0 Å². The first kappa shape index (κ1) is 9.02. The van der Waals surface area contributed by atoms with Gasteiger partial charge in [-0.2, -0.15) is 0 Å². The summed E-state index contributed by atoms with van der Waals surface area (Å²) in [5, 5.41) is 1.13. The maximum absolute atomic E-state index is 11.5. The van der Waals surface area contributed by atoms with Crippen LogP contribution in [0.15, 0.2) is 33.7 Å². The van der Waals surface area contributed by atoms with Crippen molar-refractivity contribution in [1.82, 2.24) is 0 Å². The fourth-order valence-corrected chi connectivity index (χ4v) is 1.66. The number of hydrogen-bond donors (Lipinski definition) is 0. The van der Waals surface area contributed by atoms with Gasteiger partial charge in [-0.25, -0.2) is 0 Å². The molecule has 4 heteroatoms. The fraction of sp³-hybridized carbons (Fsp3) is 0. The van der Waals surface area contributed by atoms with E-state index in [1.165, 1.54) is 6.26 Å². The molecule has 0 unspecified atom stereocenters. The number of rotatable bonds is 0. The summed E-state index contributed by atoms with van der Waals surface area (Å²) in [6.07, 6.45) is 1.43. The van der Waals surface area contributed by atoms with E-state index in [4.69, 9.17) is 16.0 Å². The second-order valence-electron chi connectivity index (χ2n) is 2.55. The van der Waals surface area contributed by atoms with Gasteiger partial charge < -0.3 is 4.42 Å². The van der Waals surface area contributed by atoms with Crippen molar-refractivity contribution in [1.29, 1.82) is 0 Å². The molecule has 0 aliphatic rings. The Kier molecular flexibility index (Phi) is 2.29. The highest BCUT2D eigenvalue weighted by Crippen LogP contribution is 2.17. The highest BCUT2D eigenvalue weighted by molar-refractivity contribution is 14.1. The Morgan fingerprint density at radius 3 is 2.92 bits per heavy atom. The molecule has 2 rings (SSSR count). The molecular weight excluding hydrogens is 302 g/mol. The number of fused-ring (bicyclic) bond motifs is 1. The second-order valence-corrected chi connectivity index (χ2v) is 4.15. The van der Waals surface area contributed by atoms with Crippen molar-refractivity contribution < 1.29 is 4.42 Å². The molecule has 0 saturated carbocycles. The molecule has 0 atom stereocenters. The molecule has 1 aromatic carbocycles. The van der Waals surface area contributed by atoms with Gasteiger partial charge in [-0.15, -0.1) is 0 Å². The van der Waals surface area contributed by atoms with E-state index in [1.54, 1.807) is 18.2 Å². The lowest BCUT2D eigenvalue weighted by molar-refractivity contribution is 0.598. The quantitative estimate of drug-likeness (QED) is 0.700. The third-order valence-corrected chi connectivity index (χ3v) is 2.67. The van der Waals surface area contributed by atoms with Crippen molar-refractivity contribution in [3.05, 3.63) is 43.3 Å². The molecule has 0 spiro atoms. The SMILES string of the molecule is O=c1c(I)coc2cc(Cl)ccc12. The zero-order valence-corrected chi connectivity index (χ0v) is 9.30. The van der Waals surface area contributed by atoms with E-state index in [0.29, 0.717) is 19.6 Å². The lowest BCUT2D eigenvalue weighted by atomic mass is 10.2. The van der Waals surface area contributed by atoms with E-state index in [0.717, 1.165) is 0 Å². The van der Waals surface area contributed by atoms with Crippen LogP contribution in [-0.4, -0.2) is 0 Å². The molecule has 0 amide bonds. The molecule has 1 aromatic heterocycles. The summed E-state index contributed by atoms with van der Waals surface area (Å²) in [4.78, 5) is 11.5. The van der Waals surface area contributed by atoms with Crippen LogP contribution in [0, 0.1) is 3.57 Å². The molecule has 2 aromatic rings. The lowest BCUT2D eigenvalue weighted by Gasteiger charge is -1.96. The first-order chi connectivity index (χ1) is 6.18. The Hall–Kier alpha value is -0.550. The van der Waals surface area contributed by atoms with Crippen molar-refractivity contribution in [3.63, 3.8) is 0 Å². The van der Waals surface area contributed by atoms with Crippen molar-refractivity contribution >= 4 is 45.2 Å². The van der Waals surface area contributed by atoms with Gasteiger partial charge in [0.1, 0.15) is 11.8 Å². The highest BCUT2D eigenvalue weighted by atomic mass is 127. The molecule has 0 aliphatic carbocycles. The molecule has 0 aliphatic heterocycles. The van der Waals surface area contributed by atoms with Gasteiger partial charge in [-0.3, -0.25) is 4.79 Å². The van der Waals surface area contributed by atoms with Crippen LogP contribution in [0.1, 0.15) is 0 Å². The van der Waals surface area contributed by atoms with Crippen LogP contribution in [0.4, 0.5) is 0 Å². The third kappa shape index (κ3) is 1.58. The van der Waals surface area contributed by atoms with E-state index in [2.05, 4.69) is 0 Å². The zero-order chi connectivity index (χ0) is 9.42. The molecule has 13 heavy (non-hydrogen) atoms. The van der Waals surface area contributed by atoms with Gasteiger partial charge in [-0.1, -0.05) is 11.6 Å². The average Bonchev–Trinajstić information content (AvgIpc) is 2.12. The van der Waals surface area contributed by atoms with E-state index < -0.39 is 0 Å². The molecule has 0 saturated heterocycles. The molecule has 0 radical (unpaired) electrons. The minimum absolute atomic E-state index is 0.0153. The summed E-state index contributed by atoms with van der Waals surface area (Å²) < 4.78 is 5.79. The topological polar surface area (TPSA) is 30.2 Å². The summed E-state index contributed by atoms with van der Waals surface area (Å²) in [5.74, 6) is 0. The molecule has 0 fully saturated rings. The highest BCUT2D eigenvalue weighted by Gasteiger charge is 2.03. The van der Waals surface area contributed by atoms with Gasteiger partial charge >= 0.3 is 0 Å². The first-order valence-electron chi connectivity index (χ1n) is 3.55. The van der Waals surface area contributed by atoms with Gasteiger partial charge in [0.2, 0.25) is 5.43 Å². The van der Waals surface area contributed by atoms with E-state index in [-0.39, 0.29) is 5.43 Å². The van der Waals surface area contributed by atoms with Crippen LogP contribution in [0.3, 0.4) is 0 Å². The minimum Gasteiger partial charge on any atom is -0.463 e. The Balaban J connectivity index is 2.95. The Bertz CT molecular complexity index is 518. The predicted octanol–water partition coefficient (Wildman–Crippen LogP) is 3.05. The van der Waals surface area contributed by atoms with Crippen molar-refractivity contribution in [3.8, 4) is 0 Å². The van der Waals surface area contributed by atoms with Crippen LogP contribution in [0.5, 0.6) is 0 Å². The predicted molar refractivity (Wildman–Crippen MR) is 60.2 cm³/mol. The maximum Gasteiger partial charge on any atom is 0.205 e. The Morgan fingerprint density at radius 1 is 1.38 bits per heavy atom. The summed E-state index contributed by atoms with van der Waals surface area (Å²) in [6.45, 7) is 0. The van der Waals surface area contributed by atoms with Crippen LogP contribution < -0.4 is 5.43 Å². The van der Waals surface area contributed by atoms with Gasteiger partial charge in [0, 0.05) is 11.1 Å². The summed E-state index contributed by atoms with van der Waals surface area (Å²) >= 11 is 7.69. The molecule has 2 nitrogen and oxygen atoms in total. The first-order valence-corrected chi connectivity index (χ1v) is 5.01. The number of halogens is 2. The largest absolute Gasteiger partial charge is 0.463 e. The zero-order valence-electron chi connectivity index (χ0n) is 6.38. The minimum atomic E-state index is -0.0153. The summed E-state index contributed by atoms with van der Waals surface area (Å²) in [5.41, 5.74) is 0.511. The second kappa shape index (κ2) is 3.31. The van der Waals surface area contributed by atoms with Crippen LogP contribution in [0.25, 0.3) is 11.0 Å². The molecule has 0 bridgehead atoms. The normalized spacial score (nSPS) is 10.6. The fourth-order valence-electron chi connectivity index (χ4n) is 1.08. The van der Waals surface area contributed by atoms with Gasteiger partial charge in [0.15, 0.2) is 0 Å². The van der Waals surface area contributed by atoms with Gasteiger partial charge in [0.05, 0.1) is 8.96 Å². The van der Waals surface area contributed by atoms with Gasteiger partial charge in [0.25, 0.3) is 0 Å². The third-order valence-electron chi connectivity index (χ3n) is 1.69. The number of benzene rings is 1.